The molecule has 0 aliphatic heterocycles. The first-order valence-corrected chi connectivity index (χ1v) is 6.33. The highest BCUT2D eigenvalue weighted by atomic mass is 16.4. The number of rotatable bonds is 3. The summed E-state index contributed by atoms with van der Waals surface area (Å²) < 4.78 is 0. The van der Waals surface area contributed by atoms with Gasteiger partial charge in [-0.05, 0) is 55.4 Å². The number of carboxylic acids is 1. The molecule has 0 spiro atoms. The zero-order valence-electron chi connectivity index (χ0n) is 9.78. The zero-order valence-corrected chi connectivity index (χ0v) is 9.78. The lowest BCUT2D eigenvalue weighted by Gasteiger charge is -2.25. The van der Waals surface area contributed by atoms with Gasteiger partial charge < -0.3 is 10.4 Å². The number of fused-ring (bicyclic) bond motifs is 1. The zero-order chi connectivity index (χ0) is 11.8. The van der Waals surface area contributed by atoms with E-state index in [1.165, 1.54) is 30.4 Å². The normalized spacial score (nSPS) is 23.2. The van der Waals surface area contributed by atoms with Crippen LogP contribution in [0.2, 0.25) is 0 Å². The Balaban J connectivity index is 1.78. The Morgan fingerprint density at radius 1 is 1.18 bits per heavy atom. The molecule has 1 aromatic carbocycles. The molecule has 1 fully saturated rings. The quantitative estimate of drug-likeness (QED) is 0.836. The van der Waals surface area contributed by atoms with Crippen LogP contribution in [0.1, 0.15) is 40.7 Å². The van der Waals surface area contributed by atoms with Gasteiger partial charge in [0, 0.05) is 12.1 Å². The fourth-order valence-corrected chi connectivity index (χ4v) is 2.62. The minimum Gasteiger partial charge on any atom is -0.478 e. The van der Waals surface area contributed by atoms with E-state index < -0.39 is 5.97 Å². The molecule has 1 aromatic rings. The lowest BCUT2D eigenvalue weighted by atomic mass is 9.87. The molecule has 0 aromatic heterocycles. The topological polar surface area (TPSA) is 49.3 Å². The van der Waals surface area contributed by atoms with Gasteiger partial charge >= 0.3 is 5.97 Å². The summed E-state index contributed by atoms with van der Waals surface area (Å²) in [6, 6.07) is 6.81. The Morgan fingerprint density at radius 2 is 2.00 bits per heavy atom. The first-order chi connectivity index (χ1) is 8.22. The van der Waals surface area contributed by atoms with Crippen molar-refractivity contribution in [2.75, 3.05) is 0 Å². The van der Waals surface area contributed by atoms with Crippen molar-refractivity contribution in [2.45, 2.75) is 44.2 Å². The van der Waals surface area contributed by atoms with Crippen molar-refractivity contribution in [3.05, 3.63) is 34.9 Å². The van der Waals surface area contributed by atoms with Crippen molar-refractivity contribution in [2.24, 2.45) is 0 Å². The number of carbonyl (C=O) groups is 1. The van der Waals surface area contributed by atoms with E-state index in [2.05, 4.69) is 5.32 Å². The molecule has 2 N–H and O–H groups in total. The fourth-order valence-electron chi connectivity index (χ4n) is 2.62. The largest absolute Gasteiger partial charge is 0.478 e. The van der Waals surface area contributed by atoms with Crippen molar-refractivity contribution in [3.8, 4) is 0 Å². The second-order valence-electron chi connectivity index (χ2n) is 5.17. The maximum atomic E-state index is 10.9. The summed E-state index contributed by atoms with van der Waals surface area (Å²) in [5.74, 6) is -0.829. The predicted octanol–water partition coefficient (Wildman–Crippen LogP) is 1.99. The van der Waals surface area contributed by atoms with Crippen LogP contribution < -0.4 is 5.32 Å². The Labute approximate surface area is 101 Å². The predicted molar refractivity (Wildman–Crippen MR) is 65.4 cm³/mol. The van der Waals surface area contributed by atoms with Crippen LogP contribution in [0.4, 0.5) is 0 Å². The standard InChI is InChI=1S/C14H17NO2/c16-14(17)10-2-1-9-3-4-13(8-11(9)7-10)15-12-5-6-12/h1-2,7,12-13,15H,3-6,8H2,(H,16,17). The number of hydrogen-bond acceptors (Lipinski definition) is 2. The van der Waals surface area contributed by atoms with Crippen molar-refractivity contribution in [3.63, 3.8) is 0 Å². The molecule has 2 aliphatic rings. The van der Waals surface area contributed by atoms with Gasteiger partial charge in [-0.15, -0.1) is 0 Å². The molecule has 3 heteroatoms. The molecule has 1 saturated carbocycles. The summed E-state index contributed by atoms with van der Waals surface area (Å²) in [5, 5.41) is 12.6. The average molecular weight is 231 g/mol. The minimum absolute atomic E-state index is 0.413. The monoisotopic (exact) mass is 231 g/mol. The molecular weight excluding hydrogens is 214 g/mol. The molecule has 17 heavy (non-hydrogen) atoms. The van der Waals surface area contributed by atoms with E-state index in [1.54, 1.807) is 6.07 Å². The van der Waals surface area contributed by atoms with Gasteiger partial charge in [0.05, 0.1) is 5.56 Å². The molecule has 0 amide bonds. The Kier molecular flexibility index (Phi) is 2.63. The maximum absolute atomic E-state index is 10.9. The number of aromatic carboxylic acids is 1. The van der Waals surface area contributed by atoms with Crippen LogP contribution in [-0.4, -0.2) is 23.2 Å². The summed E-state index contributed by atoms with van der Waals surface area (Å²) in [6.45, 7) is 0. The first kappa shape index (κ1) is 10.8. The second kappa shape index (κ2) is 4.15. The van der Waals surface area contributed by atoms with E-state index in [4.69, 9.17) is 5.11 Å². The maximum Gasteiger partial charge on any atom is 0.335 e. The van der Waals surface area contributed by atoms with E-state index in [-0.39, 0.29) is 0 Å². The smallest absolute Gasteiger partial charge is 0.335 e. The number of aryl methyl sites for hydroxylation is 1. The molecule has 0 bridgehead atoms. The van der Waals surface area contributed by atoms with Crippen LogP contribution in [0.3, 0.4) is 0 Å². The van der Waals surface area contributed by atoms with Crippen molar-refractivity contribution in [1.29, 1.82) is 0 Å². The summed E-state index contributed by atoms with van der Waals surface area (Å²) in [4.78, 5) is 10.9. The van der Waals surface area contributed by atoms with Crippen molar-refractivity contribution < 1.29 is 9.90 Å². The number of carboxylic acid groups (broad SMARTS) is 1. The Bertz CT molecular complexity index is 452. The third-order valence-corrected chi connectivity index (χ3v) is 3.73. The highest BCUT2D eigenvalue weighted by molar-refractivity contribution is 5.87. The lowest BCUT2D eigenvalue weighted by molar-refractivity contribution is 0.0696. The van der Waals surface area contributed by atoms with Gasteiger partial charge in [0.15, 0.2) is 0 Å². The Morgan fingerprint density at radius 3 is 2.71 bits per heavy atom. The third-order valence-electron chi connectivity index (χ3n) is 3.73. The van der Waals surface area contributed by atoms with E-state index in [1.807, 2.05) is 12.1 Å². The van der Waals surface area contributed by atoms with Gasteiger partial charge in [-0.3, -0.25) is 0 Å². The molecule has 2 aliphatic carbocycles. The van der Waals surface area contributed by atoms with Gasteiger partial charge in [0.2, 0.25) is 0 Å². The minimum atomic E-state index is -0.829. The number of benzene rings is 1. The van der Waals surface area contributed by atoms with Crippen LogP contribution in [0.25, 0.3) is 0 Å². The Hall–Kier alpha value is -1.35. The molecular formula is C14H17NO2. The van der Waals surface area contributed by atoms with Crippen molar-refractivity contribution in [1.82, 2.24) is 5.32 Å². The second-order valence-corrected chi connectivity index (χ2v) is 5.17. The van der Waals surface area contributed by atoms with Gasteiger partial charge in [-0.25, -0.2) is 4.79 Å². The van der Waals surface area contributed by atoms with Crippen LogP contribution in [0.5, 0.6) is 0 Å². The highest BCUT2D eigenvalue weighted by Crippen LogP contribution is 2.26. The molecule has 0 radical (unpaired) electrons. The summed E-state index contributed by atoms with van der Waals surface area (Å²) >= 11 is 0. The van der Waals surface area contributed by atoms with Crippen LogP contribution in [-0.2, 0) is 12.8 Å². The fraction of sp³-hybridized carbons (Fsp3) is 0.500. The summed E-state index contributed by atoms with van der Waals surface area (Å²) in [6.07, 6.45) is 5.83. The average Bonchev–Trinajstić information content (AvgIpc) is 3.12. The molecule has 1 unspecified atom stereocenters. The van der Waals surface area contributed by atoms with E-state index in [0.29, 0.717) is 11.6 Å². The number of hydrogen-bond donors (Lipinski definition) is 2. The molecule has 3 nitrogen and oxygen atoms in total. The highest BCUT2D eigenvalue weighted by Gasteiger charge is 2.27. The molecule has 0 heterocycles. The molecule has 1 atom stereocenters. The van der Waals surface area contributed by atoms with E-state index >= 15 is 0 Å². The van der Waals surface area contributed by atoms with Crippen molar-refractivity contribution >= 4 is 5.97 Å². The van der Waals surface area contributed by atoms with E-state index in [0.717, 1.165) is 18.9 Å². The number of nitrogens with one attached hydrogen (secondary N) is 1. The van der Waals surface area contributed by atoms with Crippen LogP contribution in [0, 0.1) is 0 Å². The molecule has 90 valence electrons. The lowest BCUT2D eigenvalue weighted by Crippen LogP contribution is -2.36. The third kappa shape index (κ3) is 2.34. The molecule has 0 saturated heterocycles. The summed E-state index contributed by atoms with van der Waals surface area (Å²) in [7, 11) is 0. The molecule has 3 rings (SSSR count). The van der Waals surface area contributed by atoms with Gasteiger partial charge in [0.25, 0.3) is 0 Å². The van der Waals surface area contributed by atoms with Gasteiger partial charge in [0.1, 0.15) is 0 Å². The van der Waals surface area contributed by atoms with E-state index in [9.17, 15) is 4.79 Å². The van der Waals surface area contributed by atoms with Crippen LogP contribution >= 0.6 is 0 Å². The van der Waals surface area contributed by atoms with Crippen LogP contribution in [0.15, 0.2) is 18.2 Å². The van der Waals surface area contributed by atoms with Gasteiger partial charge in [-0.1, -0.05) is 6.07 Å². The SMILES string of the molecule is O=C(O)c1ccc2c(c1)CC(NC1CC1)CC2. The first-order valence-electron chi connectivity index (χ1n) is 6.33. The van der Waals surface area contributed by atoms with Gasteiger partial charge in [-0.2, -0.15) is 0 Å². The summed E-state index contributed by atoms with van der Waals surface area (Å²) in [5.41, 5.74) is 2.95.